The zero-order valence-corrected chi connectivity index (χ0v) is 23.6. The maximum absolute atomic E-state index is 14.1. The predicted octanol–water partition coefficient (Wildman–Crippen LogP) is 6.44. The van der Waals surface area contributed by atoms with E-state index in [1.165, 1.54) is 16.7 Å². The van der Waals surface area contributed by atoms with E-state index in [2.05, 4.69) is 52.1 Å². The highest BCUT2D eigenvalue weighted by Crippen LogP contribution is 2.60. The van der Waals surface area contributed by atoms with Crippen molar-refractivity contribution < 1.29 is 13.4 Å². The standard InChI is InChI=1S/C30H39O3SSi/c1-29(2,3)21-12-14-23-20(17-21)11-13-25-24(23)15-16-30(19-33-35(4)5)26(25)18-27(28(30)31)34(32)22-9-7-6-8-10-22/h6-10,12,14,17,24-27H,11,13,15-16,18-19H2,1-5H3/t24-,25-,26+,27?,30-,34?/m1/s1. The van der Waals surface area contributed by atoms with Crippen LogP contribution in [0.15, 0.2) is 53.4 Å². The van der Waals surface area contributed by atoms with Gasteiger partial charge in [-0.1, -0.05) is 57.2 Å². The van der Waals surface area contributed by atoms with Crippen LogP contribution in [0, 0.1) is 17.3 Å². The Hall–Kier alpha value is -1.56. The molecular formula is C30H39O3SSi. The molecule has 0 aromatic heterocycles. The van der Waals surface area contributed by atoms with Crippen LogP contribution in [0.5, 0.6) is 0 Å². The smallest absolute Gasteiger partial charge is 0.204 e. The Balaban J connectivity index is 1.49. The lowest BCUT2D eigenvalue weighted by atomic mass is 9.55. The van der Waals surface area contributed by atoms with E-state index in [-0.39, 0.29) is 17.1 Å². The Morgan fingerprint density at radius 2 is 1.83 bits per heavy atom. The average molecular weight is 508 g/mol. The van der Waals surface area contributed by atoms with Crippen LogP contribution in [0.4, 0.5) is 0 Å². The number of hydrogen-bond acceptors (Lipinski definition) is 3. The molecule has 0 aliphatic heterocycles. The first-order valence-electron chi connectivity index (χ1n) is 13.2. The number of fused-ring (bicyclic) bond motifs is 5. The molecule has 1 radical (unpaired) electrons. The van der Waals surface area contributed by atoms with Crippen LogP contribution in [-0.2, 0) is 31.9 Å². The number of benzene rings is 2. The van der Waals surface area contributed by atoms with E-state index in [1.54, 1.807) is 0 Å². The van der Waals surface area contributed by atoms with Gasteiger partial charge in [0, 0.05) is 11.5 Å². The molecule has 2 unspecified atom stereocenters. The van der Waals surface area contributed by atoms with E-state index in [1.807, 2.05) is 30.3 Å². The van der Waals surface area contributed by atoms with Gasteiger partial charge >= 0.3 is 0 Å². The first-order valence-corrected chi connectivity index (χ1v) is 16.8. The van der Waals surface area contributed by atoms with E-state index in [0.29, 0.717) is 18.4 Å². The average Bonchev–Trinajstić information content (AvgIpc) is 3.14. The summed E-state index contributed by atoms with van der Waals surface area (Å²) in [5, 5.41) is -0.418. The van der Waals surface area contributed by atoms with Gasteiger partial charge in [-0.3, -0.25) is 9.00 Å². The van der Waals surface area contributed by atoms with Crippen molar-refractivity contribution >= 4 is 25.6 Å². The van der Waals surface area contributed by atoms with E-state index < -0.39 is 30.5 Å². The van der Waals surface area contributed by atoms with Gasteiger partial charge in [0.1, 0.15) is 0 Å². The molecule has 6 atom stereocenters. The Morgan fingerprint density at radius 1 is 1.09 bits per heavy atom. The molecule has 2 fully saturated rings. The van der Waals surface area contributed by atoms with Gasteiger partial charge in [0.05, 0.1) is 21.5 Å². The van der Waals surface area contributed by atoms with Crippen molar-refractivity contribution in [3.63, 3.8) is 0 Å². The summed E-state index contributed by atoms with van der Waals surface area (Å²) in [5.74, 6) is 1.42. The van der Waals surface area contributed by atoms with Crippen LogP contribution in [-0.4, -0.2) is 30.9 Å². The third-order valence-corrected chi connectivity index (χ3v) is 11.3. The Kier molecular flexibility index (Phi) is 6.73. The lowest BCUT2D eigenvalue weighted by Crippen LogP contribution is -2.48. The van der Waals surface area contributed by atoms with Crippen molar-refractivity contribution in [1.29, 1.82) is 0 Å². The fourth-order valence-electron chi connectivity index (χ4n) is 7.06. The van der Waals surface area contributed by atoms with Crippen molar-refractivity contribution in [3.8, 4) is 0 Å². The SMILES string of the molecule is C[Si](C)OC[C@]12CC[C@@H]3c4ccc(C(C)(C)C)cc4CC[C@H]3[C@@H]1CC(S(=O)c1ccccc1)C2=O. The van der Waals surface area contributed by atoms with Gasteiger partial charge in [-0.2, -0.15) is 0 Å². The molecule has 0 saturated heterocycles. The van der Waals surface area contributed by atoms with Crippen molar-refractivity contribution in [2.75, 3.05) is 6.61 Å². The predicted molar refractivity (Wildman–Crippen MR) is 145 cm³/mol. The molecule has 3 aliphatic carbocycles. The number of carbonyl (C=O) groups excluding carboxylic acids is 1. The van der Waals surface area contributed by atoms with Crippen molar-refractivity contribution in [1.82, 2.24) is 0 Å². The lowest BCUT2D eigenvalue weighted by molar-refractivity contribution is -0.133. The molecule has 0 spiro atoms. The molecule has 0 N–H and O–H groups in total. The second kappa shape index (κ2) is 9.39. The highest BCUT2D eigenvalue weighted by molar-refractivity contribution is 7.86. The highest BCUT2D eigenvalue weighted by Gasteiger charge is 2.62. The van der Waals surface area contributed by atoms with Gasteiger partial charge in [-0.05, 0) is 97.2 Å². The molecule has 2 aromatic rings. The minimum atomic E-state index is -1.31. The van der Waals surface area contributed by atoms with Gasteiger partial charge in [-0.15, -0.1) is 0 Å². The summed E-state index contributed by atoms with van der Waals surface area (Å²) in [7, 11) is -2.23. The van der Waals surface area contributed by atoms with Crippen LogP contribution in [0.1, 0.15) is 69.1 Å². The molecule has 5 heteroatoms. The minimum Gasteiger partial charge on any atom is -0.416 e. The summed E-state index contributed by atoms with van der Waals surface area (Å²) < 4.78 is 19.9. The van der Waals surface area contributed by atoms with Gasteiger partial charge in [0.15, 0.2) is 5.78 Å². The molecule has 3 aliphatic rings. The zero-order valence-electron chi connectivity index (χ0n) is 21.8. The molecule has 35 heavy (non-hydrogen) atoms. The van der Waals surface area contributed by atoms with E-state index in [0.717, 1.165) is 37.0 Å². The number of hydrogen-bond donors (Lipinski definition) is 0. The molecule has 2 aromatic carbocycles. The van der Waals surface area contributed by atoms with Crippen LogP contribution >= 0.6 is 0 Å². The quantitative estimate of drug-likeness (QED) is 0.437. The van der Waals surface area contributed by atoms with Gasteiger partial charge < -0.3 is 4.43 Å². The zero-order chi connectivity index (χ0) is 25.0. The summed E-state index contributed by atoms with van der Waals surface area (Å²) in [6.07, 6.45) is 4.81. The van der Waals surface area contributed by atoms with Crippen LogP contribution < -0.4 is 0 Å². The third-order valence-electron chi connectivity index (χ3n) is 8.90. The second-order valence-electron chi connectivity index (χ2n) is 12.2. The molecule has 5 rings (SSSR count). The lowest BCUT2D eigenvalue weighted by Gasteiger charge is -2.49. The second-order valence-corrected chi connectivity index (χ2v) is 15.9. The van der Waals surface area contributed by atoms with Crippen LogP contribution in [0.2, 0.25) is 13.1 Å². The Labute approximate surface area is 215 Å². The fourth-order valence-corrected chi connectivity index (χ4v) is 9.17. The number of aryl methyl sites for hydroxylation is 1. The maximum Gasteiger partial charge on any atom is 0.204 e. The molecule has 0 amide bonds. The van der Waals surface area contributed by atoms with Crippen molar-refractivity contribution in [2.24, 2.45) is 17.3 Å². The van der Waals surface area contributed by atoms with Crippen LogP contribution in [0.3, 0.4) is 0 Å². The molecule has 187 valence electrons. The largest absolute Gasteiger partial charge is 0.416 e. The van der Waals surface area contributed by atoms with Gasteiger partial charge in [-0.25, -0.2) is 0 Å². The van der Waals surface area contributed by atoms with E-state index in [9.17, 15) is 9.00 Å². The summed E-state index contributed by atoms with van der Waals surface area (Å²) in [5.41, 5.74) is 4.09. The van der Waals surface area contributed by atoms with Gasteiger partial charge in [0.2, 0.25) is 9.04 Å². The number of rotatable bonds is 5. The summed E-state index contributed by atoms with van der Waals surface area (Å²) in [4.78, 5) is 14.9. The molecule has 3 nitrogen and oxygen atoms in total. The number of Topliss-reactive ketones (excluding diaryl/α,β-unsaturated/α-hetero) is 1. The van der Waals surface area contributed by atoms with Crippen molar-refractivity contribution in [2.45, 2.75) is 87.4 Å². The van der Waals surface area contributed by atoms with Gasteiger partial charge in [0.25, 0.3) is 0 Å². The monoisotopic (exact) mass is 507 g/mol. The molecular weight excluding hydrogens is 468 g/mol. The molecule has 2 saturated carbocycles. The van der Waals surface area contributed by atoms with E-state index >= 15 is 0 Å². The normalized spacial score (nSPS) is 31.1. The summed E-state index contributed by atoms with van der Waals surface area (Å²) in [6, 6.07) is 16.7. The topological polar surface area (TPSA) is 43.4 Å². The van der Waals surface area contributed by atoms with E-state index in [4.69, 9.17) is 4.43 Å². The number of carbonyl (C=O) groups is 1. The first-order chi connectivity index (χ1) is 16.6. The third kappa shape index (κ3) is 4.42. The van der Waals surface area contributed by atoms with Crippen LogP contribution in [0.25, 0.3) is 0 Å². The maximum atomic E-state index is 14.1. The first kappa shape index (κ1) is 25.1. The molecule has 0 heterocycles. The summed E-state index contributed by atoms with van der Waals surface area (Å²) in [6.45, 7) is 11.6. The summed E-state index contributed by atoms with van der Waals surface area (Å²) >= 11 is 0. The Morgan fingerprint density at radius 3 is 2.51 bits per heavy atom. The number of ketones is 1. The fraction of sp³-hybridized carbons (Fsp3) is 0.567. The van der Waals surface area contributed by atoms with Crippen molar-refractivity contribution in [3.05, 3.63) is 65.2 Å². The minimum absolute atomic E-state index is 0.150. The Bertz CT molecular complexity index is 1120. The molecule has 0 bridgehead atoms. The highest BCUT2D eigenvalue weighted by atomic mass is 32.2.